The van der Waals surface area contributed by atoms with Gasteiger partial charge in [-0.25, -0.2) is 9.59 Å². The number of hydrogen-bond acceptors (Lipinski definition) is 20. The highest BCUT2D eigenvalue weighted by molar-refractivity contribution is 7.99. The lowest BCUT2D eigenvalue weighted by Gasteiger charge is -2.46. The van der Waals surface area contributed by atoms with Crippen LogP contribution in [-0.4, -0.2) is 223 Å². The first-order valence-corrected chi connectivity index (χ1v) is 31.6. The summed E-state index contributed by atoms with van der Waals surface area (Å²) in [5.41, 5.74) is 4.16. The Hall–Kier alpha value is -7.06. The molecule has 26 nitrogen and oxygen atoms in total. The van der Waals surface area contributed by atoms with Crippen LogP contribution >= 0.6 is 23.5 Å². The Morgan fingerprint density at radius 1 is 0.511 bits per heavy atom. The van der Waals surface area contributed by atoms with Gasteiger partial charge >= 0.3 is 11.9 Å². The van der Waals surface area contributed by atoms with Crippen LogP contribution in [-0.2, 0) is 47.7 Å². The van der Waals surface area contributed by atoms with E-state index in [-0.39, 0.29) is 74.9 Å². The van der Waals surface area contributed by atoms with E-state index in [2.05, 4.69) is 31.9 Å². The Labute approximate surface area is 528 Å². The standard InChI is InChI=1S/C62H80N6O20S2/c1-37(69)67-51-45(71)33-61(59(81)82,87-55(51)53(77)47(73)35-65-57(79)43-19-15-41(16-20-43)39-11-5-3-6-12-39)85-27-9-29-89-31-23-49(75)63-25-26-64-50(76)24-32-90-30-10-28-86-62(60(83)84)34-46(72)52(68-38(2)70)56(88-62)54(78)48(74)36-66-58(80)44-21-17-42(18-22-44)40-13-7-4-8-14-40/h3-8,11-22,45-48,51-56,71-74,77-78H,9-10,23-36H2,1-2H3,(H,63,75)(H,64,76)(H,65,79)(H,66,80)(H,67,69)(H,68,70)(H,81,82)(H,83,84)/t45-,46+,47+,48-,51+,52-,53-,54-,55-,56-,61-,62-/m1/s1. The van der Waals surface area contributed by atoms with E-state index in [1.165, 1.54) is 23.5 Å². The number of carboxylic acid groups (broad SMARTS) is 2. The number of aliphatic hydroxyl groups excluding tert-OH is 6. The summed E-state index contributed by atoms with van der Waals surface area (Å²) < 4.78 is 23.1. The van der Waals surface area contributed by atoms with Gasteiger partial charge in [0.2, 0.25) is 23.6 Å². The molecule has 0 aromatic heterocycles. The molecule has 4 aromatic carbocycles. The predicted molar refractivity (Wildman–Crippen MR) is 330 cm³/mol. The lowest BCUT2D eigenvalue weighted by Crippen LogP contribution is -2.68. The summed E-state index contributed by atoms with van der Waals surface area (Å²) in [4.78, 5) is 101. The second-order valence-corrected chi connectivity index (χ2v) is 24.0. The molecule has 2 fully saturated rings. The van der Waals surface area contributed by atoms with E-state index in [0.717, 1.165) is 36.1 Å². The fourth-order valence-electron chi connectivity index (χ4n) is 9.98. The first-order chi connectivity index (χ1) is 43.0. The number of aliphatic hydroxyl groups is 6. The van der Waals surface area contributed by atoms with Crippen molar-refractivity contribution < 1.29 is 98.2 Å². The minimum atomic E-state index is -2.49. The first kappa shape index (κ1) is 72.0. The maximum atomic E-state index is 13.0. The Kier molecular flexibility index (Phi) is 28.4. The van der Waals surface area contributed by atoms with Crippen molar-refractivity contribution in [2.24, 2.45) is 0 Å². The fourth-order valence-corrected chi connectivity index (χ4v) is 11.7. The lowest BCUT2D eigenvalue weighted by molar-refractivity contribution is -0.310. The average Bonchev–Trinajstić information content (AvgIpc) is 0.808. The first-order valence-electron chi connectivity index (χ1n) is 29.3. The smallest absolute Gasteiger partial charge is 0.364 e. The number of rotatable bonds is 35. The molecule has 28 heteroatoms. The largest absolute Gasteiger partial charge is 0.477 e. The number of hydrogen-bond donors (Lipinski definition) is 14. The highest BCUT2D eigenvalue weighted by Gasteiger charge is 2.57. The molecule has 12 atom stereocenters. The molecule has 490 valence electrons. The Morgan fingerprint density at radius 2 is 0.856 bits per heavy atom. The number of benzene rings is 4. The number of thioether (sulfide) groups is 2. The molecule has 0 spiro atoms. The molecule has 14 N–H and O–H groups in total. The summed E-state index contributed by atoms with van der Waals surface area (Å²) in [6.07, 6.45) is -14.5. The number of carboxylic acids is 2. The zero-order valence-electron chi connectivity index (χ0n) is 49.8. The molecule has 6 amide bonds. The average molecular weight is 1290 g/mol. The molecule has 0 saturated carbocycles. The monoisotopic (exact) mass is 1290 g/mol. The summed E-state index contributed by atoms with van der Waals surface area (Å²) in [7, 11) is 0. The Bertz CT molecular complexity index is 2800. The van der Waals surface area contributed by atoms with Crippen LogP contribution < -0.4 is 31.9 Å². The van der Waals surface area contributed by atoms with Crippen LogP contribution in [0.15, 0.2) is 109 Å². The van der Waals surface area contributed by atoms with Crippen molar-refractivity contribution in [2.75, 3.05) is 62.4 Å². The second-order valence-electron chi connectivity index (χ2n) is 21.5. The van der Waals surface area contributed by atoms with Gasteiger partial charge in [0.1, 0.15) is 24.4 Å². The van der Waals surface area contributed by atoms with Crippen molar-refractivity contribution in [3.63, 3.8) is 0 Å². The number of carbonyl (C=O) groups is 8. The number of amides is 6. The molecule has 0 aliphatic carbocycles. The molecule has 2 saturated heterocycles. The number of carbonyl (C=O) groups excluding carboxylic acids is 6. The maximum absolute atomic E-state index is 13.0. The minimum absolute atomic E-state index is 0.124. The predicted octanol–water partition coefficient (Wildman–Crippen LogP) is 0.787. The molecule has 2 aliphatic heterocycles. The van der Waals surface area contributed by atoms with Gasteiger partial charge in [0.15, 0.2) is 0 Å². The van der Waals surface area contributed by atoms with Crippen LogP contribution in [0.5, 0.6) is 0 Å². The van der Waals surface area contributed by atoms with Gasteiger partial charge in [-0.3, -0.25) is 28.8 Å². The van der Waals surface area contributed by atoms with Crippen LogP contribution in [0.2, 0.25) is 0 Å². The van der Waals surface area contributed by atoms with Gasteiger partial charge in [-0.1, -0.05) is 84.9 Å². The fraction of sp³-hybridized carbons (Fsp3) is 0.484. The van der Waals surface area contributed by atoms with Crippen molar-refractivity contribution in [3.8, 4) is 22.3 Å². The van der Waals surface area contributed by atoms with Gasteiger partial charge in [-0.15, -0.1) is 0 Å². The molecular formula is C62H80N6O20S2. The highest BCUT2D eigenvalue weighted by atomic mass is 32.2. The molecular weight excluding hydrogens is 1210 g/mol. The van der Waals surface area contributed by atoms with Crippen molar-refractivity contribution in [1.82, 2.24) is 31.9 Å². The zero-order chi connectivity index (χ0) is 65.4. The molecule has 6 rings (SSSR count). The van der Waals surface area contributed by atoms with E-state index < -0.39 is 134 Å². The van der Waals surface area contributed by atoms with Crippen molar-refractivity contribution in [2.45, 2.75) is 125 Å². The topological polar surface area (TPSA) is 408 Å². The Morgan fingerprint density at radius 3 is 1.19 bits per heavy atom. The van der Waals surface area contributed by atoms with Crippen molar-refractivity contribution in [1.29, 1.82) is 0 Å². The van der Waals surface area contributed by atoms with Crippen LogP contribution in [0, 0.1) is 0 Å². The molecule has 0 bridgehead atoms. The SMILES string of the molecule is CC(=O)N[C@@H]1[C@H]([C@H](O)[C@@H](O)CNC(=O)c2ccc(-c3ccccc3)cc2)O[C@@](OCCCSCCC(=O)NCCNC(=O)CCSCCCO[C@]2(C(=O)O)C[C@H](O)[C@@H](NC(C)=O)[C@H]([C@H](O)[C@H](O)CNC(=O)c3ccc(-c4ccccc4)cc3)O2)(C(=O)O)C[C@H]1O. The number of nitrogens with one attached hydrogen (secondary N) is 6. The van der Waals surface area contributed by atoms with Gasteiger partial charge in [0.05, 0.1) is 49.7 Å². The maximum Gasteiger partial charge on any atom is 0.364 e. The second kappa shape index (κ2) is 35.5. The van der Waals surface area contributed by atoms with Gasteiger partial charge < -0.3 is 91.7 Å². The summed E-state index contributed by atoms with van der Waals surface area (Å²) in [6, 6.07) is 29.6. The van der Waals surface area contributed by atoms with E-state index in [4.69, 9.17) is 18.9 Å². The van der Waals surface area contributed by atoms with Crippen molar-refractivity contribution >= 4 is 70.9 Å². The van der Waals surface area contributed by atoms with E-state index in [1.807, 2.05) is 60.7 Å². The van der Waals surface area contributed by atoms with Crippen LogP contribution in [0.25, 0.3) is 22.3 Å². The zero-order valence-corrected chi connectivity index (χ0v) is 51.4. The molecule has 90 heavy (non-hydrogen) atoms. The summed E-state index contributed by atoms with van der Waals surface area (Å²) >= 11 is 2.75. The summed E-state index contributed by atoms with van der Waals surface area (Å²) in [5.74, 6) is -9.64. The Balaban J connectivity index is 0.835. The third-order valence-corrected chi connectivity index (χ3v) is 16.8. The normalized spacial score (nSPS) is 22.8. The summed E-state index contributed by atoms with van der Waals surface area (Å²) in [6.45, 7) is 1.17. The highest BCUT2D eigenvalue weighted by Crippen LogP contribution is 2.36. The van der Waals surface area contributed by atoms with Crippen LogP contribution in [0.3, 0.4) is 0 Å². The molecule has 0 radical (unpaired) electrons. The van der Waals surface area contributed by atoms with E-state index in [0.29, 0.717) is 23.0 Å². The molecule has 2 heterocycles. The van der Waals surface area contributed by atoms with Crippen LogP contribution in [0.4, 0.5) is 0 Å². The van der Waals surface area contributed by atoms with E-state index in [9.17, 15) is 79.2 Å². The number of ether oxygens (including phenoxy) is 4. The molecule has 4 aromatic rings. The third kappa shape index (κ3) is 21.3. The van der Waals surface area contributed by atoms with Gasteiger partial charge in [-0.2, -0.15) is 23.5 Å². The quantitative estimate of drug-likeness (QED) is 0.0283. The number of aliphatic carboxylic acids is 2. The van der Waals surface area contributed by atoms with E-state index in [1.54, 1.807) is 48.5 Å². The minimum Gasteiger partial charge on any atom is -0.477 e. The third-order valence-electron chi connectivity index (χ3n) is 14.7. The van der Waals surface area contributed by atoms with Crippen molar-refractivity contribution in [3.05, 3.63) is 120 Å². The molecule has 2 aliphatic rings. The summed E-state index contributed by atoms with van der Waals surface area (Å²) in [5, 5.41) is 103. The van der Waals surface area contributed by atoms with Crippen LogP contribution in [0.1, 0.15) is 73.1 Å². The van der Waals surface area contributed by atoms with Gasteiger partial charge in [0, 0.05) is 88.3 Å². The van der Waals surface area contributed by atoms with Gasteiger partial charge in [-0.05, 0) is 70.9 Å². The molecule has 0 unspecified atom stereocenters. The lowest BCUT2D eigenvalue weighted by atomic mass is 9.88. The van der Waals surface area contributed by atoms with E-state index >= 15 is 0 Å². The van der Waals surface area contributed by atoms with Gasteiger partial charge in [0.25, 0.3) is 23.4 Å².